The lowest BCUT2D eigenvalue weighted by Crippen LogP contribution is -2.18. The highest BCUT2D eigenvalue weighted by Gasteiger charge is 2.29. The molecule has 0 bridgehead atoms. The van der Waals surface area contributed by atoms with Crippen molar-refractivity contribution >= 4 is 0 Å². The summed E-state index contributed by atoms with van der Waals surface area (Å²) >= 11 is 0. The Labute approximate surface area is 95.1 Å². The Morgan fingerprint density at radius 2 is 1.69 bits per heavy atom. The van der Waals surface area contributed by atoms with Crippen molar-refractivity contribution in [2.24, 2.45) is 0 Å². The molecule has 1 heterocycles. The molecular formula is C15H13N. The second-order valence-corrected chi connectivity index (χ2v) is 4.67. The van der Waals surface area contributed by atoms with Crippen LogP contribution in [0.1, 0.15) is 22.7 Å². The SMILES string of the molecule is c1ccc2c(c1)CC1NCc3cccc-2c31. The lowest BCUT2D eigenvalue weighted by Gasteiger charge is -2.24. The van der Waals surface area contributed by atoms with E-state index in [-0.39, 0.29) is 0 Å². The van der Waals surface area contributed by atoms with Gasteiger partial charge in [-0.2, -0.15) is 0 Å². The van der Waals surface area contributed by atoms with E-state index in [1.807, 2.05) is 0 Å². The van der Waals surface area contributed by atoms with Gasteiger partial charge in [0.25, 0.3) is 0 Å². The van der Waals surface area contributed by atoms with Crippen LogP contribution in [0.25, 0.3) is 11.1 Å². The second-order valence-electron chi connectivity index (χ2n) is 4.67. The molecule has 0 spiro atoms. The van der Waals surface area contributed by atoms with E-state index in [1.54, 1.807) is 5.56 Å². The third kappa shape index (κ3) is 0.987. The van der Waals surface area contributed by atoms with Crippen molar-refractivity contribution in [1.82, 2.24) is 5.32 Å². The van der Waals surface area contributed by atoms with E-state index in [1.165, 1.54) is 22.3 Å². The fourth-order valence-electron chi connectivity index (χ4n) is 3.10. The number of nitrogens with one attached hydrogen (secondary N) is 1. The first-order chi connectivity index (χ1) is 7.93. The van der Waals surface area contributed by atoms with Gasteiger partial charge >= 0.3 is 0 Å². The first kappa shape index (κ1) is 8.54. The molecule has 0 saturated carbocycles. The third-order valence-electron chi connectivity index (χ3n) is 3.82. The molecular weight excluding hydrogens is 194 g/mol. The average Bonchev–Trinajstić information content (AvgIpc) is 2.75. The predicted octanol–water partition coefficient (Wildman–Crippen LogP) is 3.05. The Kier molecular flexibility index (Phi) is 1.58. The van der Waals surface area contributed by atoms with Gasteiger partial charge in [-0.3, -0.25) is 0 Å². The molecule has 1 atom stereocenters. The number of benzene rings is 2. The number of rotatable bonds is 0. The van der Waals surface area contributed by atoms with Crippen LogP contribution < -0.4 is 5.32 Å². The maximum atomic E-state index is 3.60. The summed E-state index contributed by atoms with van der Waals surface area (Å²) in [6.45, 7) is 1.03. The van der Waals surface area contributed by atoms with Crippen molar-refractivity contribution in [3.63, 3.8) is 0 Å². The molecule has 78 valence electrons. The van der Waals surface area contributed by atoms with Crippen LogP contribution in [0.5, 0.6) is 0 Å². The highest BCUT2D eigenvalue weighted by atomic mass is 14.9. The van der Waals surface area contributed by atoms with E-state index >= 15 is 0 Å². The van der Waals surface area contributed by atoms with Crippen LogP contribution >= 0.6 is 0 Å². The Hall–Kier alpha value is -1.60. The zero-order chi connectivity index (χ0) is 10.5. The van der Waals surface area contributed by atoms with Crippen molar-refractivity contribution in [2.45, 2.75) is 19.0 Å². The molecule has 1 N–H and O–H groups in total. The molecule has 2 aromatic rings. The summed E-state index contributed by atoms with van der Waals surface area (Å²) in [4.78, 5) is 0. The largest absolute Gasteiger partial charge is 0.306 e. The summed E-state index contributed by atoms with van der Waals surface area (Å²) < 4.78 is 0. The maximum Gasteiger partial charge on any atom is 0.0373 e. The van der Waals surface area contributed by atoms with Crippen molar-refractivity contribution in [3.05, 3.63) is 59.2 Å². The molecule has 1 nitrogen and oxygen atoms in total. The second kappa shape index (κ2) is 2.96. The van der Waals surface area contributed by atoms with Gasteiger partial charge in [-0.25, -0.2) is 0 Å². The summed E-state index contributed by atoms with van der Waals surface area (Å²) in [5.74, 6) is 0. The van der Waals surface area contributed by atoms with Crippen LogP contribution in [0.3, 0.4) is 0 Å². The quantitative estimate of drug-likeness (QED) is 0.700. The minimum atomic E-state index is 0.543. The lowest BCUT2D eigenvalue weighted by atomic mass is 9.82. The van der Waals surface area contributed by atoms with Crippen molar-refractivity contribution in [1.29, 1.82) is 0 Å². The van der Waals surface area contributed by atoms with Gasteiger partial charge in [-0.15, -0.1) is 0 Å². The summed E-state index contributed by atoms with van der Waals surface area (Å²) in [6.07, 6.45) is 1.14. The molecule has 0 fully saturated rings. The topological polar surface area (TPSA) is 12.0 Å². The van der Waals surface area contributed by atoms with Crippen LogP contribution in [-0.2, 0) is 13.0 Å². The first-order valence-electron chi connectivity index (χ1n) is 5.87. The van der Waals surface area contributed by atoms with E-state index < -0.39 is 0 Å². The van der Waals surface area contributed by atoms with Crippen molar-refractivity contribution < 1.29 is 0 Å². The average molecular weight is 207 g/mol. The van der Waals surface area contributed by atoms with Gasteiger partial charge in [0.2, 0.25) is 0 Å². The summed E-state index contributed by atoms with van der Waals surface area (Å²) in [5, 5.41) is 3.60. The Morgan fingerprint density at radius 1 is 0.875 bits per heavy atom. The predicted molar refractivity (Wildman–Crippen MR) is 65.2 cm³/mol. The van der Waals surface area contributed by atoms with E-state index in [0.29, 0.717) is 6.04 Å². The van der Waals surface area contributed by atoms with Gasteiger partial charge < -0.3 is 5.32 Å². The molecule has 1 unspecified atom stereocenters. The highest BCUT2D eigenvalue weighted by Crippen LogP contribution is 2.42. The van der Waals surface area contributed by atoms with Gasteiger partial charge in [0.05, 0.1) is 0 Å². The Morgan fingerprint density at radius 3 is 2.69 bits per heavy atom. The van der Waals surface area contributed by atoms with Gasteiger partial charge in [-0.1, -0.05) is 42.5 Å². The van der Waals surface area contributed by atoms with Gasteiger partial charge in [0.15, 0.2) is 0 Å². The summed E-state index contributed by atoms with van der Waals surface area (Å²) in [5.41, 5.74) is 7.37. The lowest BCUT2D eigenvalue weighted by molar-refractivity contribution is 0.577. The van der Waals surface area contributed by atoms with E-state index in [2.05, 4.69) is 47.8 Å². The molecule has 1 aliphatic heterocycles. The number of hydrogen-bond donors (Lipinski definition) is 1. The van der Waals surface area contributed by atoms with Gasteiger partial charge in [0.1, 0.15) is 0 Å². The Bertz CT molecular complexity index is 571. The Balaban J connectivity index is 2.07. The summed E-state index contributed by atoms with van der Waals surface area (Å²) in [6, 6.07) is 16.0. The van der Waals surface area contributed by atoms with E-state index in [4.69, 9.17) is 0 Å². The minimum absolute atomic E-state index is 0.543. The molecule has 0 amide bonds. The highest BCUT2D eigenvalue weighted by molar-refractivity contribution is 5.75. The van der Waals surface area contributed by atoms with Gasteiger partial charge in [0, 0.05) is 12.6 Å². The van der Waals surface area contributed by atoms with Crippen LogP contribution in [0.2, 0.25) is 0 Å². The van der Waals surface area contributed by atoms with E-state index in [9.17, 15) is 0 Å². The monoisotopic (exact) mass is 207 g/mol. The fraction of sp³-hybridized carbons (Fsp3) is 0.200. The number of hydrogen-bond acceptors (Lipinski definition) is 1. The smallest absolute Gasteiger partial charge is 0.0373 e. The van der Waals surface area contributed by atoms with Gasteiger partial charge in [-0.05, 0) is 34.2 Å². The molecule has 2 aromatic carbocycles. The zero-order valence-corrected chi connectivity index (χ0v) is 9.03. The fourth-order valence-corrected chi connectivity index (χ4v) is 3.10. The molecule has 0 saturated heterocycles. The molecule has 16 heavy (non-hydrogen) atoms. The molecule has 0 aromatic heterocycles. The third-order valence-corrected chi connectivity index (χ3v) is 3.82. The molecule has 4 rings (SSSR count). The summed E-state index contributed by atoms with van der Waals surface area (Å²) in [7, 11) is 0. The minimum Gasteiger partial charge on any atom is -0.306 e. The number of fused-ring (bicyclic) bond motifs is 2. The zero-order valence-electron chi connectivity index (χ0n) is 9.03. The van der Waals surface area contributed by atoms with Crippen molar-refractivity contribution in [3.8, 4) is 11.1 Å². The normalized spacial score (nSPS) is 20.4. The van der Waals surface area contributed by atoms with Crippen LogP contribution in [0, 0.1) is 0 Å². The molecule has 1 heteroatoms. The maximum absolute atomic E-state index is 3.60. The van der Waals surface area contributed by atoms with Crippen LogP contribution in [-0.4, -0.2) is 0 Å². The molecule has 0 radical (unpaired) electrons. The van der Waals surface area contributed by atoms with Crippen LogP contribution in [0.4, 0.5) is 0 Å². The standard InChI is InChI=1S/C15H13N/c1-2-6-12-10(4-1)8-14-15-11(9-16-14)5-3-7-13(12)15/h1-7,14,16H,8-9H2. The van der Waals surface area contributed by atoms with E-state index in [0.717, 1.165) is 13.0 Å². The first-order valence-corrected chi connectivity index (χ1v) is 5.87. The molecule has 1 aliphatic carbocycles. The van der Waals surface area contributed by atoms with Crippen LogP contribution in [0.15, 0.2) is 42.5 Å². The van der Waals surface area contributed by atoms with Crippen molar-refractivity contribution in [2.75, 3.05) is 0 Å². The molecule has 2 aliphatic rings.